The predicted octanol–water partition coefficient (Wildman–Crippen LogP) is 1.51. The molecule has 0 saturated heterocycles. The summed E-state index contributed by atoms with van der Waals surface area (Å²) >= 11 is 0. The monoisotopic (exact) mass is 231 g/mol. The van der Waals surface area contributed by atoms with Crippen molar-refractivity contribution in [2.45, 2.75) is 45.8 Å². The topological polar surface area (TPSA) is 64.6 Å². The van der Waals surface area contributed by atoms with Gasteiger partial charge in [-0.05, 0) is 27.7 Å². The molecular weight excluding hydrogens is 210 g/mol. The van der Waals surface area contributed by atoms with E-state index in [4.69, 9.17) is 9.47 Å². The second-order valence-corrected chi connectivity index (χ2v) is 4.70. The van der Waals surface area contributed by atoms with E-state index < -0.39 is 11.7 Å². The normalized spacial score (nSPS) is 13.1. The molecule has 0 aromatic rings. The molecule has 0 heterocycles. The molecule has 0 fully saturated rings. The number of alkyl carbamates (subject to hydrolysis) is 1. The van der Waals surface area contributed by atoms with Crippen LogP contribution in [-0.2, 0) is 14.3 Å². The Hall–Kier alpha value is -1.10. The number of rotatable bonds is 5. The largest absolute Gasteiger partial charge is 0.444 e. The highest BCUT2D eigenvalue weighted by atomic mass is 16.6. The molecule has 0 aromatic heterocycles. The third kappa shape index (κ3) is 8.23. The fraction of sp³-hybridized carbons (Fsp3) is 0.818. The van der Waals surface area contributed by atoms with Gasteiger partial charge in [-0.1, -0.05) is 0 Å². The Labute approximate surface area is 96.5 Å². The van der Waals surface area contributed by atoms with Crippen molar-refractivity contribution in [1.29, 1.82) is 0 Å². The molecule has 1 unspecified atom stereocenters. The summed E-state index contributed by atoms with van der Waals surface area (Å²) < 4.78 is 9.99. The second kappa shape index (κ2) is 6.48. The fourth-order valence-corrected chi connectivity index (χ4v) is 1.17. The van der Waals surface area contributed by atoms with Crippen LogP contribution < -0.4 is 5.32 Å². The van der Waals surface area contributed by atoms with Gasteiger partial charge in [-0.2, -0.15) is 0 Å². The van der Waals surface area contributed by atoms with Crippen molar-refractivity contribution < 1.29 is 19.1 Å². The second-order valence-electron chi connectivity index (χ2n) is 4.70. The van der Waals surface area contributed by atoms with E-state index >= 15 is 0 Å². The number of ether oxygens (including phenoxy) is 2. The zero-order valence-corrected chi connectivity index (χ0v) is 10.6. The number of methoxy groups -OCH3 is 1. The van der Waals surface area contributed by atoms with Crippen LogP contribution in [0.15, 0.2) is 0 Å². The Balaban J connectivity index is 4.17. The van der Waals surface area contributed by atoms with Gasteiger partial charge in [0, 0.05) is 13.5 Å². The standard InChI is InChI=1S/C11H21NO4/c1-8(13)6-9(7-15-5)12-10(14)16-11(2,3)4/h9H,6-7H2,1-5H3,(H,12,14). The third-order valence-electron chi connectivity index (χ3n) is 1.62. The van der Waals surface area contributed by atoms with E-state index in [0.29, 0.717) is 6.61 Å². The van der Waals surface area contributed by atoms with E-state index in [2.05, 4.69) is 5.32 Å². The Morgan fingerprint density at radius 1 is 1.31 bits per heavy atom. The van der Waals surface area contributed by atoms with Crippen LogP contribution in [0.3, 0.4) is 0 Å². The Kier molecular flexibility index (Phi) is 6.03. The lowest BCUT2D eigenvalue weighted by Crippen LogP contribution is -2.42. The van der Waals surface area contributed by atoms with E-state index in [1.165, 1.54) is 14.0 Å². The minimum absolute atomic E-state index is 0.00175. The molecule has 0 rings (SSSR count). The summed E-state index contributed by atoms with van der Waals surface area (Å²) in [6.07, 6.45) is -0.289. The van der Waals surface area contributed by atoms with Gasteiger partial charge in [0.25, 0.3) is 0 Å². The van der Waals surface area contributed by atoms with Gasteiger partial charge in [-0.15, -0.1) is 0 Å². The van der Waals surface area contributed by atoms with Gasteiger partial charge in [-0.25, -0.2) is 4.79 Å². The number of Topliss-reactive ketones (excluding diaryl/α,β-unsaturated/α-hetero) is 1. The van der Waals surface area contributed by atoms with Gasteiger partial charge in [0.05, 0.1) is 12.6 Å². The maximum absolute atomic E-state index is 11.4. The highest BCUT2D eigenvalue weighted by Gasteiger charge is 2.20. The van der Waals surface area contributed by atoms with Gasteiger partial charge in [0.2, 0.25) is 0 Å². The third-order valence-corrected chi connectivity index (χ3v) is 1.62. The summed E-state index contributed by atoms with van der Waals surface area (Å²) in [6, 6.07) is -0.336. The van der Waals surface area contributed by atoms with Crippen LogP contribution in [0.5, 0.6) is 0 Å². The Morgan fingerprint density at radius 2 is 1.88 bits per heavy atom. The first-order valence-electron chi connectivity index (χ1n) is 5.22. The minimum Gasteiger partial charge on any atom is -0.444 e. The summed E-state index contributed by atoms with van der Waals surface area (Å²) in [5, 5.41) is 2.60. The van der Waals surface area contributed by atoms with E-state index in [0.717, 1.165) is 0 Å². The SMILES string of the molecule is COCC(CC(C)=O)NC(=O)OC(C)(C)C. The molecule has 5 nitrogen and oxygen atoms in total. The molecular formula is C11H21NO4. The van der Waals surface area contributed by atoms with Crippen molar-refractivity contribution in [3.63, 3.8) is 0 Å². The quantitative estimate of drug-likeness (QED) is 0.778. The zero-order chi connectivity index (χ0) is 12.8. The molecule has 0 bridgehead atoms. The maximum atomic E-state index is 11.4. The molecule has 5 heteroatoms. The lowest BCUT2D eigenvalue weighted by molar-refractivity contribution is -0.117. The molecule has 1 atom stereocenters. The smallest absolute Gasteiger partial charge is 0.407 e. The first kappa shape index (κ1) is 14.9. The van der Waals surface area contributed by atoms with E-state index in [1.807, 2.05) is 0 Å². The van der Waals surface area contributed by atoms with Gasteiger partial charge >= 0.3 is 6.09 Å². The van der Waals surface area contributed by atoms with Gasteiger partial charge < -0.3 is 14.8 Å². The molecule has 0 radical (unpaired) electrons. The molecule has 0 spiro atoms. The fourth-order valence-electron chi connectivity index (χ4n) is 1.17. The van der Waals surface area contributed by atoms with E-state index in [-0.39, 0.29) is 18.2 Å². The molecule has 94 valence electrons. The summed E-state index contributed by atoms with van der Waals surface area (Å²) in [6.45, 7) is 7.10. The molecule has 1 amide bonds. The lowest BCUT2D eigenvalue weighted by atomic mass is 10.1. The molecule has 0 aliphatic rings. The van der Waals surface area contributed by atoms with Crippen molar-refractivity contribution in [3.8, 4) is 0 Å². The summed E-state index contributed by atoms with van der Waals surface area (Å²) in [7, 11) is 1.52. The van der Waals surface area contributed by atoms with E-state index in [9.17, 15) is 9.59 Å². The van der Waals surface area contributed by atoms with Crippen LogP contribution in [0.2, 0.25) is 0 Å². The first-order valence-corrected chi connectivity index (χ1v) is 5.22. The average Bonchev–Trinajstić information content (AvgIpc) is 1.98. The molecule has 16 heavy (non-hydrogen) atoms. The molecule has 0 saturated carbocycles. The van der Waals surface area contributed by atoms with Gasteiger partial charge in [0.1, 0.15) is 11.4 Å². The zero-order valence-electron chi connectivity index (χ0n) is 10.6. The molecule has 0 aliphatic heterocycles. The summed E-state index contributed by atoms with van der Waals surface area (Å²) in [5.41, 5.74) is -0.544. The number of carbonyl (C=O) groups excluding carboxylic acids is 2. The molecule has 1 N–H and O–H groups in total. The van der Waals surface area contributed by atoms with Crippen molar-refractivity contribution in [3.05, 3.63) is 0 Å². The van der Waals surface area contributed by atoms with Gasteiger partial charge in [0.15, 0.2) is 0 Å². The van der Waals surface area contributed by atoms with Crippen LogP contribution in [0, 0.1) is 0 Å². The number of hydrogen-bond acceptors (Lipinski definition) is 4. The lowest BCUT2D eigenvalue weighted by Gasteiger charge is -2.22. The number of carbonyl (C=O) groups is 2. The minimum atomic E-state index is -0.544. The number of nitrogens with one attached hydrogen (secondary N) is 1. The Morgan fingerprint density at radius 3 is 2.25 bits per heavy atom. The number of ketones is 1. The molecule has 0 aliphatic carbocycles. The van der Waals surface area contributed by atoms with E-state index in [1.54, 1.807) is 20.8 Å². The van der Waals surface area contributed by atoms with Crippen LogP contribution in [0.1, 0.15) is 34.1 Å². The highest BCUT2D eigenvalue weighted by molar-refractivity contribution is 5.77. The number of hydrogen-bond donors (Lipinski definition) is 1. The van der Waals surface area contributed by atoms with Crippen molar-refractivity contribution >= 4 is 11.9 Å². The first-order chi connectivity index (χ1) is 7.24. The van der Waals surface area contributed by atoms with Gasteiger partial charge in [-0.3, -0.25) is 4.79 Å². The summed E-state index contributed by atoms with van der Waals surface area (Å²) in [4.78, 5) is 22.4. The van der Waals surface area contributed by atoms with Crippen molar-refractivity contribution in [2.75, 3.05) is 13.7 Å². The predicted molar refractivity (Wildman–Crippen MR) is 60.3 cm³/mol. The molecule has 0 aromatic carbocycles. The van der Waals surface area contributed by atoms with Crippen LogP contribution in [0.4, 0.5) is 4.79 Å². The van der Waals surface area contributed by atoms with Crippen LogP contribution in [0.25, 0.3) is 0 Å². The van der Waals surface area contributed by atoms with Crippen LogP contribution >= 0.6 is 0 Å². The van der Waals surface area contributed by atoms with Crippen molar-refractivity contribution in [1.82, 2.24) is 5.32 Å². The highest BCUT2D eigenvalue weighted by Crippen LogP contribution is 2.07. The van der Waals surface area contributed by atoms with Crippen LogP contribution in [-0.4, -0.2) is 37.2 Å². The van der Waals surface area contributed by atoms with Crippen molar-refractivity contribution in [2.24, 2.45) is 0 Å². The average molecular weight is 231 g/mol. The maximum Gasteiger partial charge on any atom is 0.407 e. The summed E-state index contributed by atoms with van der Waals surface area (Å²) in [5.74, 6) is -0.00175. The Bertz CT molecular complexity index is 245. The number of amides is 1.